The molecule has 9 heteroatoms. The number of rotatable bonds is 16. The highest BCUT2D eigenvalue weighted by atomic mass is 16.5. The van der Waals surface area contributed by atoms with Gasteiger partial charge in [0.05, 0.1) is 25.2 Å². The third-order valence-electron chi connectivity index (χ3n) is 4.96. The predicted molar refractivity (Wildman–Crippen MR) is 125 cm³/mol. The van der Waals surface area contributed by atoms with Crippen molar-refractivity contribution in [2.45, 2.75) is 57.7 Å². The number of hydrogen-bond donors (Lipinski definition) is 5. The van der Waals surface area contributed by atoms with Gasteiger partial charge >= 0.3 is 6.09 Å². The SMILES string of the molecule is C=CC[C@@H](CC(=O)N[C@H](C)CO)C(=O)N[C@H](CO)CCCCNC(=O)OCc1ccccc1. The highest BCUT2D eigenvalue weighted by molar-refractivity contribution is 5.86. The van der Waals surface area contributed by atoms with Crippen LogP contribution in [-0.4, -0.2) is 60.0 Å². The minimum Gasteiger partial charge on any atom is -0.445 e. The van der Waals surface area contributed by atoms with Gasteiger partial charge in [-0.05, 0) is 38.2 Å². The van der Waals surface area contributed by atoms with Crippen molar-refractivity contribution in [3.8, 4) is 0 Å². The number of aliphatic hydroxyl groups is 2. The maximum Gasteiger partial charge on any atom is 0.407 e. The van der Waals surface area contributed by atoms with Crippen LogP contribution < -0.4 is 16.0 Å². The lowest BCUT2D eigenvalue weighted by atomic mass is 9.98. The van der Waals surface area contributed by atoms with E-state index in [1.807, 2.05) is 30.3 Å². The monoisotopic (exact) mass is 463 g/mol. The molecule has 33 heavy (non-hydrogen) atoms. The van der Waals surface area contributed by atoms with Crippen LogP contribution in [0.15, 0.2) is 43.0 Å². The predicted octanol–water partition coefficient (Wildman–Crippen LogP) is 1.64. The highest BCUT2D eigenvalue weighted by Gasteiger charge is 2.23. The molecule has 0 aliphatic heterocycles. The van der Waals surface area contributed by atoms with Crippen LogP contribution in [0.1, 0.15) is 44.6 Å². The Morgan fingerprint density at radius 3 is 2.45 bits per heavy atom. The molecule has 0 aromatic heterocycles. The van der Waals surface area contributed by atoms with Crippen LogP contribution in [0.5, 0.6) is 0 Å². The summed E-state index contributed by atoms with van der Waals surface area (Å²) >= 11 is 0. The number of ether oxygens (including phenoxy) is 1. The molecule has 0 bridgehead atoms. The van der Waals surface area contributed by atoms with Crippen LogP contribution in [0.4, 0.5) is 4.79 Å². The normalized spacial score (nSPS) is 13.3. The lowest BCUT2D eigenvalue weighted by molar-refractivity contribution is -0.131. The average molecular weight is 464 g/mol. The molecule has 184 valence electrons. The quantitative estimate of drug-likeness (QED) is 0.187. The fourth-order valence-electron chi connectivity index (χ4n) is 3.10. The summed E-state index contributed by atoms with van der Waals surface area (Å²) in [6.45, 7) is 5.51. The first-order valence-corrected chi connectivity index (χ1v) is 11.3. The van der Waals surface area contributed by atoms with Crippen LogP contribution in [0.25, 0.3) is 0 Å². The van der Waals surface area contributed by atoms with Crippen molar-refractivity contribution >= 4 is 17.9 Å². The van der Waals surface area contributed by atoms with Crippen LogP contribution in [0.3, 0.4) is 0 Å². The summed E-state index contributed by atoms with van der Waals surface area (Å²) in [4.78, 5) is 36.4. The van der Waals surface area contributed by atoms with Gasteiger partial charge in [0.2, 0.25) is 11.8 Å². The number of benzene rings is 1. The van der Waals surface area contributed by atoms with Crippen molar-refractivity contribution in [1.82, 2.24) is 16.0 Å². The van der Waals surface area contributed by atoms with Gasteiger partial charge < -0.3 is 30.9 Å². The zero-order chi connectivity index (χ0) is 24.5. The molecule has 3 atom stereocenters. The van der Waals surface area contributed by atoms with Crippen molar-refractivity contribution in [2.24, 2.45) is 5.92 Å². The molecule has 0 heterocycles. The number of aliphatic hydroxyl groups excluding tert-OH is 2. The number of carbonyl (C=O) groups excluding carboxylic acids is 3. The van der Waals surface area contributed by atoms with Crippen molar-refractivity contribution in [3.05, 3.63) is 48.6 Å². The van der Waals surface area contributed by atoms with Gasteiger partial charge in [-0.1, -0.05) is 36.4 Å². The largest absolute Gasteiger partial charge is 0.445 e. The second-order valence-corrected chi connectivity index (χ2v) is 7.95. The molecule has 0 unspecified atom stereocenters. The molecule has 5 N–H and O–H groups in total. The first kappa shape index (κ1) is 28.1. The summed E-state index contributed by atoms with van der Waals surface area (Å²) in [5.74, 6) is -1.27. The summed E-state index contributed by atoms with van der Waals surface area (Å²) in [5.41, 5.74) is 0.907. The van der Waals surface area contributed by atoms with E-state index in [1.165, 1.54) is 0 Å². The third kappa shape index (κ3) is 12.6. The Bertz CT molecular complexity index is 728. The number of carbonyl (C=O) groups is 3. The van der Waals surface area contributed by atoms with E-state index >= 15 is 0 Å². The average Bonchev–Trinajstić information content (AvgIpc) is 2.81. The topological polar surface area (TPSA) is 137 Å². The second kappa shape index (κ2) is 16.7. The van der Waals surface area contributed by atoms with Gasteiger partial charge in [0.25, 0.3) is 0 Å². The lowest BCUT2D eigenvalue weighted by Gasteiger charge is -2.21. The molecule has 0 radical (unpaired) electrons. The maximum absolute atomic E-state index is 12.6. The van der Waals surface area contributed by atoms with Gasteiger partial charge in [-0.2, -0.15) is 0 Å². The Kier molecular flexibility index (Phi) is 14.2. The summed E-state index contributed by atoms with van der Waals surface area (Å²) < 4.78 is 5.14. The van der Waals surface area contributed by atoms with Crippen LogP contribution in [0, 0.1) is 5.92 Å². The van der Waals surface area contributed by atoms with Gasteiger partial charge in [-0.25, -0.2) is 4.79 Å². The fraction of sp³-hybridized carbons (Fsp3) is 0.542. The number of alkyl carbamates (subject to hydrolysis) is 1. The first-order valence-electron chi connectivity index (χ1n) is 11.3. The molecule has 1 aromatic rings. The Balaban J connectivity index is 2.31. The molecule has 0 saturated carbocycles. The fourth-order valence-corrected chi connectivity index (χ4v) is 3.10. The molecule has 3 amide bonds. The van der Waals surface area contributed by atoms with Gasteiger partial charge in [0.1, 0.15) is 6.61 Å². The number of hydrogen-bond acceptors (Lipinski definition) is 6. The molecule has 0 aliphatic carbocycles. The van der Waals surface area contributed by atoms with Gasteiger partial charge in [0.15, 0.2) is 0 Å². The minimum absolute atomic E-state index is 0.0324. The summed E-state index contributed by atoms with van der Waals surface area (Å²) in [7, 11) is 0. The summed E-state index contributed by atoms with van der Waals surface area (Å²) in [6.07, 6.45) is 3.22. The van der Waals surface area contributed by atoms with Crippen molar-refractivity contribution < 1.29 is 29.3 Å². The highest BCUT2D eigenvalue weighted by Crippen LogP contribution is 2.12. The van der Waals surface area contributed by atoms with Crippen molar-refractivity contribution in [2.75, 3.05) is 19.8 Å². The van der Waals surface area contributed by atoms with Gasteiger partial charge in [-0.3, -0.25) is 9.59 Å². The number of allylic oxidation sites excluding steroid dienone is 1. The summed E-state index contributed by atoms with van der Waals surface area (Å²) in [6, 6.07) is 8.55. The number of amides is 3. The van der Waals surface area contributed by atoms with Crippen LogP contribution in [0.2, 0.25) is 0 Å². The maximum atomic E-state index is 12.6. The summed E-state index contributed by atoms with van der Waals surface area (Å²) in [5, 5.41) is 26.7. The van der Waals surface area contributed by atoms with Crippen LogP contribution >= 0.6 is 0 Å². The Morgan fingerprint density at radius 1 is 1.09 bits per heavy atom. The molecule has 1 rings (SSSR count). The molecule has 0 fully saturated rings. The Morgan fingerprint density at radius 2 is 1.82 bits per heavy atom. The zero-order valence-electron chi connectivity index (χ0n) is 19.3. The Hall–Kier alpha value is -2.91. The van der Waals surface area contributed by atoms with Crippen molar-refractivity contribution in [1.29, 1.82) is 0 Å². The van der Waals surface area contributed by atoms with E-state index in [0.29, 0.717) is 32.2 Å². The Labute approximate surface area is 195 Å². The molecule has 9 nitrogen and oxygen atoms in total. The molecule has 0 saturated heterocycles. The van der Waals surface area contributed by atoms with E-state index < -0.39 is 18.1 Å². The van der Waals surface area contributed by atoms with E-state index in [2.05, 4.69) is 22.5 Å². The first-order chi connectivity index (χ1) is 15.9. The molecular weight excluding hydrogens is 426 g/mol. The van der Waals surface area contributed by atoms with Gasteiger partial charge in [0, 0.05) is 19.0 Å². The van der Waals surface area contributed by atoms with Gasteiger partial charge in [-0.15, -0.1) is 6.58 Å². The molecule has 0 aliphatic rings. The smallest absolute Gasteiger partial charge is 0.407 e. The molecule has 0 spiro atoms. The lowest BCUT2D eigenvalue weighted by Crippen LogP contribution is -2.43. The van der Waals surface area contributed by atoms with E-state index in [4.69, 9.17) is 9.84 Å². The number of unbranched alkanes of at least 4 members (excludes halogenated alkanes) is 1. The van der Waals surface area contributed by atoms with E-state index in [1.54, 1.807) is 13.0 Å². The standard InChI is InChI=1S/C24H37N3O6/c1-3-9-20(14-22(30)26-18(2)15-28)23(31)27-21(16-29)12-7-8-13-25-24(32)33-17-19-10-5-4-6-11-19/h3-6,10-11,18,20-21,28-29H,1,7-9,12-17H2,2H3,(H,25,32)(H,26,30)(H,27,31)/t18-,20+,21+/m1/s1. The zero-order valence-corrected chi connectivity index (χ0v) is 19.3. The third-order valence-corrected chi connectivity index (χ3v) is 4.96. The molecular formula is C24H37N3O6. The van der Waals surface area contributed by atoms with Crippen molar-refractivity contribution in [3.63, 3.8) is 0 Å². The van der Waals surface area contributed by atoms with E-state index in [-0.39, 0.29) is 44.1 Å². The van der Waals surface area contributed by atoms with Crippen LogP contribution in [-0.2, 0) is 20.9 Å². The van der Waals surface area contributed by atoms with E-state index in [0.717, 1.165) is 5.56 Å². The second-order valence-electron chi connectivity index (χ2n) is 7.95. The minimum atomic E-state index is -0.608. The number of nitrogens with one attached hydrogen (secondary N) is 3. The molecule has 1 aromatic carbocycles. The van der Waals surface area contributed by atoms with E-state index in [9.17, 15) is 19.5 Å².